The summed E-state index contributed by atoms with van der Waals surface area (Å²) in [6.45, 7) is 6.38. The topological polar surface area (TPSA) is 47.6 Å². The zero-order valence-corrected chi connectivity index (χ0v) is 17.4. The van der Waals surface area contributed by atoms with Crippen LogP contribution >= 0.6 is 0 Å². The van der Waals surface area contributed by atoms with E-state index in [0.717, 1.165) is 28.0 Å². The van der Waals surface area contributed by atoms with Crippen molar-refractivity contribution in [3.05, 3.63) is 94.5 Å². The van der Waals surface area contributed by atoms with Gasteiger partial charge < -0.3 is 14.8 Å². The maximum absolute atomic E-state index is 12.8. The first kappa shape index (κ1) is 20.5. The van der Waals surface area contributed by atoms with Crippen molar-refractivity contribution in [2.45, 2.75) is 33.4 Å². The maximum atomic E-state index is 12.8. The Labute approximate surface area is 172 Å². The van der Waals surface area contributed by atoms with Crippen molar-refractivity contribution in [1.82, 2.24) is 5.32 Å². The number of methoxy groups -OCH3 is 1. The highest BCUT2D eigenvalue weighted by Crippen LogP contribution is 2.24. The molecule has 0 aliphatic rings. The van der Waals surface area contributed by atoms with Gasteiger partial charge in [0.25, 0.3) is 5.91 Å². The molecule has 0 saturated heterocycles. The number of aryl methyl sites for hydroxylation is 2. The van der Waals surface area contributed by atoms with E-state index in [4.69, 9.17) is 9.47 Å². The predicted molar refractivity (Wildman–Crippen MR) is 116 cm³/mol. The lowest BCUT2D eigenvalue weighted by Gasteiger charge is -2.16. The van der Waals surface area contributed by atoms with Gasteiger partial charge in [-0.15, -0.1) is 0 Å². The molecule has 0 bridgehead atoms. The molecule has 29 heavy (non-hydrogen) atoms. The number of amides is 1. The number of rotatable bonds is 7. The first-order chi connectivity index (χ1) is 14.0. The van der Waals surface area contributed by atoms with Gasteiger partial charge in [-0.05, 0) is 67.8 Å². The van der Waals surface area contributed by atoms with Crippen LogP contribution in [0, 0.1) is 13.8 Å². The molecule has 0 aromatic heterocycles. The van der Waals surface area contributed by atoms with E-state index < -0.39 is 0 Å². The predicted octanol–water partition coefficient (Wildman–Crippen LogP) is 5.38. The molecule has 3 aromatic carbocycles. The molecule has 3 rings (SSSR count). The zero-order valence-electron chi connectivity index (χ0n) is 17.4. The van der Waals surface area contributed by atoms with E-state index in [2.05, 4.69) is 11.4 Å². The normalized spacial score (nSPS) is 11.6. The van der Waals surface area contributed by atoms with Crippen molar-refractivity contribution in [3.63, 3.8) is 0 Å². The summed E-state index contributed by atoms with van der Waals surface area (Å²) < 4.78 is 11.4. The molecule has 0 unspecified atom stereocenters. The number of hydrogen-bond donors (Lipinski definition) is 1. The van der Waals surface area contributed by atoms with E-state index >= 15 is 0 Å². The van der Waals surface area contributed by atoms with E-state index in [9.17, 15) is 4.79 Å². The lowest BCUT2D eigenvalue weighted by atomic mass is 10.1. The Hall–Kier alpha value is -3.27. The van der Waals surface area contributed by atoms with Gasteiger partial charge in [-0.1, -0.05) is 36.4 Å². The molecule has 0 heterocycles. The smallest absolute Gasteiger partial charge is 0.251 e. The molecule has 1 atom stereocenters. The number of hydrogen-bond acceptors (Lipinski definition) is 3. The molecule has 3 aromatic rings. The average molecular weight is 389 g/mol. The second-order valence-corrected chi connectivity index (χ2v) is 7.24. The molecular weight excluding hydrogens is 362 g/mol. The fourth-order valence-corrected chi connectivity index (χ4v) is 3.31. The van der Waals surface area contributed by atoms with Crippen molar-refractivity contribution in [1.29, 1.82) is 0 Å². The van der Waals surface area contributed by atoms with Crippen LogP contribution in [-0.2, 0) is 6.61 Å². The van der Waals surface area contributed by atoms with Gasteiger partial charge in [0, 0.05) is 11.1 Å². The summed E-state index contributed by atoms with van der Waals surface area (Å²) in [6.07, 6.45) is 0. The number of ether oxygens (including phenoxy) is 2. The summed E-state index contributed by atoms with van der Waals surface area (Å²) in [5.41, 5.74) is 4.76. The summed E-state index contributed by atoms with van der Waals surface area (Å²) in [5, 5.41) is 3.05. The van der Waals surface area contributed by atoms with Gasteiger partial charge in [0.2, 0.25) is 0 Å². The Bertz CT molecular complexity index is 962. The van der Waals surface area contributed by atoms with Crippen LogP contribution in [0.1, 0.15) is 45.6 Å². The highest BCUT2D eigenvalue weighted by Gasteiger charge is 2.14. The van der Waals surface area contributed by atoms with Gasteiger partial charge in [-0.2, -0.15) is 0 Å². The molecular formula is C25H27NO3. The molecule has 150 valence electrons. The second kappa shape index (κ2) is 9.28. The van der Waals surface area contributed by atoms with E-state index in [0.29, 0.717) is 17.9 Å². The molecule has 0 spiro atoms. The van der Waals surface area contributed by atoms with Gasteiger partial charge in [0.05, 0.1) is 13.2 Å². The molecule has 4 heteroatoms. The van der Waals surface area contributed by atoms with Crippen LogP contribution in [0.3, 0.4) is 0 Å². The first-order valence-electron chi connectivity index (χ1n) is 9.70. The highest BCUT2D eigenvalue weighted by molar-refractivity contribution is 5.94. The van der Waals surface area contributed by atoms with Gasteiger partial charge in [0.15, 0.2) is 0 Å². The number of benzene rings is 3. The Morgan fingerprint density at radius 3 is 2.31 bits per heavy atom. The Morgan fingerprint density at radius 1 is 0.966 bits per heavy atom. The standard InChI is InChI=1S/C25H27NO3/c1-17-12-18(2)14-23(13-17)29-16-22-15-21(10-11-24(22)28-4)25(27)26-19(3)20-8-6-5-7-9-20/h5-15,19H,16H2,1-4H3,(H,26,27)/t19-/m0/s1. The van der Waals surface area contributed by atoms with Crippen LogP contribution in [0.4, 0.5) is 0 Å². The van der Waals surface area contributed by atoms with Crippen molar-refractivity contribution >= 4 is 5.91 Å². The number of nitrogens with one attached hydrogen (secondary N) is 1. The van der Waals surface area contributed by atoms with Crippen molar-refractivity contribution in [2.75, 3.05) is 7.11 Å². The fraction of sp³-hybridized carbons (Fsp3) is 0.240. The summed E-state index contributed by atoms with van der Waals surface area (Å²) in [7, 11) is 1.62. The van der Waals surface area contributed by atoms with Crippen LogP contribution in [0.15, 0.2) is 66.7 Å². The van der Waals surface area contributed by atoms with Crippen LogP contribution in [-0.4, -0.2) is 13.0 Å². The minimum Gasteiger partial charge on any atom is -0.496 e. The third-order valence-electron chi connectivity index (χ3n) is 4.78. The van der Waals surface area contributed by atoms with Crippen molar-refractivity contribution in [3.8, 4) is 11.5 Å². The lowest BCUT2D eigenvalue weighted by Crippen LogP contribution is -2.26. The second-order valence-electron chi connectivity index (χ2n) is 7.24. The monoisotopic (exact) mass is 389 g/mol. The van der Waals surface area contributed by atoms with E-state index in [1.807, 2.05) is 75.4 Å². The Kier molecular flexibility index (Phi) is 6.55. The van der Waals surface area contributed by atoms with Gasteiger partial charge >= 0.3 is 0 Å². The maximum Gasteiger partial charge on any atom is 0.251 e. The molecule has 0 radical (unpaired) electrons. The van der Waals surface area contributed by atoms with Crippen LogP contribution in [0.5, 0.6) is 11.5 Å². The van der Waals surface area contributed by atoms with Gasteiger partial charge in [-0.25, -0.2) is 0 Å². The van der Waals surface area contributed by atoms with E-state index in [1.165, 1.54) is 0 Å². The van der Waals surface area contributed by atoms with Crippen molar-refractivity contribution < 1.29 is 14.3 Å². The molecule has 1 N–H and O–H groups in total. The minimum atomic E-state index is -0.128. The SMILES string of the molecule is COc1ccc(C(=O)N[C@@H](C)c2ccccc2)cc1COc1cc(C)cc(C)c1. The summed E-state index contributed by atoms with van der Waals surface area (Å²) in [4.78, 5) is 12.8. The van der Waals surface area contributed by atoms with Crippen LogP contribution in [0.2, 0.25) is 0 Å². The van der Waals surface area contributed by atoms with Crippen molar-refractivity contribution in [2.24, 2.45) is 0 Å². The third-order valence-corrected chi connectivity index (χ3v) is 4.78. The van der Waals surface area contributed by atoms with Crippen LogP contribution < -0.4 is 14.8 Å². The summed E-state index contributed by atoms with van der Waals surface area (Å²) in [6, 6.07) is 21.3. The first-order valence-corrected chi connectivity index (χ1v) is 9.70. The zero-order chi connectivity index (χ0) is 20.8. The molecule has 0 aliphatic heterocycles. The Morgan fingerprint density at radius 2 is 1.66 bits per heavy atom. The highest BCUT2D eigenvalue weighted by atomic mass is 16.5. The molecule has 0 aliphatic carbocycles. The Balaban J connectivity index is 1.74. The van der Waals surface area contributed by atoms with Gasteiger partial charge in [-0.3, -0.25) is 4.79 Å². The van der Waals surface area contributed by atoms with E-state index in [-0.39, 0.29) is 11.9 Å². The largest absolute Gasteiger partial charge is 0.496 e. The van der Waals surface area contributed by atoms with Gasteiger partial charge in [0.1, 0.15) is 18.1 Å². The quantitative estimate of drug-likeness (QED) is 0.590. The average Bonchev–Trinajstić information content (AvgIpc) is 2.72. The van der Waals surface area contributed by atoms with Crippen LogP contribution in [0.25, 0.3) is 0 Å². The fourth-order valence-electron chi connectivity index (χ4n) is 3.31. The molecule has 0 fully saturated rings. The third kappa shape index (κ3) is 5.38. The minimum absolute atomic E-state index is 0.0826. The molecule has 0 saturated carbocycles. The lowest BCUT2D eigenvalue weighted by molar-refractivity contribution is 0.0939. The number of carbonyl (C=O) groups excluding carboxylic acids is 1. The van der Waals surface area contributed by atoms with E-state index in [1.54, 1.807) is 13.2 Å². The number of carbonyl (C=O) groups is 1. The molecule has 4 nitrogen and oxygen atoms in total. The summed E-state index contributed by atoms with van der Waals surface area (Å²) in [5.74, 6) is 1.37. The summed E-state index contributed by atoms with van der Waals surface area (Å²) >= 11 is 0. The molecule has 1 amide bonds.